The van der Waals surface area contributed by atoms with E-state index in [9.17, 15) is 33.0 Å². The van der Waals surface area contributed by atoms with Gasteiger partial charge in [0.05, 0.1) is 36.5 Å². The Morgan fingerprint density at radius 2 is 1.77 bits per heavy atom. The number of hydrogen-bond acceptors (Lipinski definition) is 9. The average Bonchev–Trinajstić information content (AvgIpc) is 3.35. The third-order valence-electron chi connectivity index (χ3n) is 8.48. The fraction of sp³-hybridized carbons (Fsp3) is 0.486. The molecule has 0 spiro atoms. The van der Waals surface area contributed by atoms with Crippen molar-refractivity contribution in [3.63, 3.8) is 0 Å². The van der Waals surface area contributed by atoms with Gasteiger partial charge in [0.1, 0.15) is 40.2 Å². The van der Waals surface area contributed by atoms with Crippen LogP contribution in [0.1, 0.15) is 80.9 Å². The molecule has 1 aliphatic carbocycles. The van der Waals surface area contributed by atoms with Crippen molar-refractivity contribution < 1.29 is 42.4 Å². The maximum Gasteiger partial charge on any atom is 0.306 e. The first-order chi connectivity index (χ1) is 22.2. The zero-order valence-corrected chi connectivity index (χ0v) is 27.1. The van der Waals surface area contributed by atoms with Gasteiger partial charge in [-0.1, -0.05) is 6.92 Å². The molecule has 1 saturated heterocycles. The molecule has 12 heteroatoms. The Bertz CT molecular complexity index is 1650. The fourth-order valence-corrected chi connectivity index (χ4v) is 6.49. The lowest BCUT2D eigenvalue weighted by Gasteiger charge is -2.42. The standard InChI is InChI=1S/C35H40F3N3O6/c1-6-46-21-13-24(37)30(25(38)14-21)32-23(36)8-9-26(40-32)28(43)11-19-15-39-31-22(7-10-27(31)42)33(19)41-16-18(2)34(45)20(17-41)12-29(44)47-35(3,4)5/h8-9,13-15,18,20,27,34,42,45H,6-7,10-12,16-17H2,1-5H3/t18-,20+,27?,34+/m0/s1. The number of anilines is 1. The maximum absolute atomic E-state index is 15.0. The fourth-order valence-electron chi connectivity index (χ4n) is 6.49. The lowest BCUT2D eigenvalue weighted by molar-refractivity contribution is -0.157. The van der Waals surface area contributed by atoms with E-state index < -0.39 is 64.2 Å². The summed E-state index contributed by atoms with van der Waals surface area (Å²) in [6.07, 6.45) is 0.665. The minimum atomic E-state index is -1.09. The number of rotatable bonds is 9. The Labute approximate surface area is 271 Å². The second-order valence-electron chi connectivity index (χ2n) is 13.3. The largest absolute Gasteiger partial charge is 0.494 e. The molecule has 0 amide bonds. The van der Waals surface area contributed by atoms with Gasteiger partial charge in [0.15, 0.2) is 5.78 Å². The summed E-state index contributed by atoms with van der Waals surface area (Å²) in [6.45, 7) is 9.73. The van der Waals surface area contributed by atoms with Crippen LogP contribution in [0.25, 0.3) is 11.3 Å². The molecule has 252 valence electrons. The molecule has 2 aromatic heterocycles. The maximum atomic E-state index is 15.0. The Kier molecular flexibility index (Phi) is 9.93. The van der Waals surface area contributed by atoms with E-state index in [-0.39, 0.29) is 43.4 Å². The molecule has 1 fully saturated rings. The number of halogens is 3. The van der Waals surface area contributed by atoms with Crippen LogP contribution in [0.4, 0.5) is 18.9 Å². The smallest absolute Gasteiger partial charge is 0.306 e. The molecule has 4 atom stereocenters. The third kappa shape index (κ3) is 7.43. The lowest BCUT2D eigenvalue weighted by Crippen LogP contribution is -2.50. The number of carbonyl (C=O) groups excluding carboxylic acids is 2. The van der Waals surface area contributed by atoms with Crippen LogP contribution >= 0.6 is 0 Å². The van der Waals surface area contributed by atoms with Crippen LogP contribution < -0.4 is 9.64 Å². The number of aliphatic hydroxyl groups is 2. The van der Waals surface area contributed by atoms with Crippen molar-refractivity contribution in [1.29, 1.82) is 0 Å². The van der Waals surface area contributed by atoms with E-state index in [0.717, 1.165) is 29.8 Å². The number of fused-ring (bicyclic) bond motifs is 1. The quantitative estimate of drug-likeness (QED) is 0.226. The van der Waals surface area contributed by atoms with Gasteiger partial charge >= 0.3 is 5.97 Å². The van der Waals surface area contributed by atoms with Crippen molar-refractivity contribution in [1.82, 2.24) is 9.97 Å². The van der Waals surface area contributed by atoms with Crippen LogP contribution in [0, 0.1) is 29.3 Å². The molecule has 1 aliphatic heterocycles. The van der Waals surface area contributed by atoms with Crippen LogP contribution in [0.15, 0.2) is 30.5 Å². The molecule has 1 aromatic carbocycles. The molecule has 2 N–H and O–H groups in total. The van der Waals surface area contributed by atoms with Gasteiger partial charge in [-0.2, -0.15) is 0 Å². The Morgan fingerprint density at radius 1 is 1.06 bits per heavy atom. The summed E-state index contributed by atoms with van der Waals surface area (Å²) in [5.74, 6) is -4.92. The predicted molar refractivity (Wildman–Crippen MR) is 168 cm³/mol. The van der Waals surface area contributed by atoms with Crippen molar-refractivity contribution in [3.8, 4) is 17.0 Å². The number of benzene rings is 1. The summed E-state index contributed by atoms with van der Waals surface area (Å²) < 4.78 is 55.5. The summed E-state index contributed by atoms with van der Waals surface area (Å²) >= 11 is 0. The van der Waals surface area contributed by atoms with Gasteiger partial charge in [0.25, 0.3) is 0 Å². The van der Waals surface area contributed by atoms with Crippen molar-refractivity contribution in [3.05, 3.63) is 70.4 Å². The van der Waals surface area contributed by atoms with Gasteiger partial charge in [0, 0.05) is 60.6 Å². The number of ether oxygens (including phenoxy) is 2. The van der Waals surface area contributed by atoms with E-state index in [1.165, 1.54) is 6.20 Å². The molecule has 9 nitrogen and oxygen atoms in total. The summed E-state index contributed by atoms with van der Waals surface area (Å²) in [5.41, 5.74) is 0.213. The zero-order chi connectivity index (χ0) is 34.2. The van der Waals surface area contributed by atoms with Gasteiger partial charge in [0.2, 0.25) is 0 Å². The number of aliphatic hydroxyl groups excluding tert-OH is 2. The first kappa shape index (κ1) is 34.3. The molecule has 0 bridgehead atoms. The molecule has 0 saturated carbocycles. The van der Waals surface area contributed by atoms with E-state index in [1.807, 2.05) is 11.8 Å². The molecule has 3 aromatic rings. The Balaban J connectivity index is 1.47. The minimum Gasteiger partial charge on any atom is -0.494 e. The highest BCUT2D eigenvalue weighted by molar-refractivity contribution is 5.97. The van der Waals surface area contributed by atoms with Crippen molar-refractivity contribution in [2.45, 2.75) is 78.1 Å². The minimum absolute atomic E-state index is 0.00954. The molecule has 47 heavy (non-hydrogen) atoms. The lowest BCUT2D eigenvalue weighted by atomic mass is 9.84. The summed E-state index contributed by atoms with van der Waals surface area (Å²) in [6, 6.07) is 3.96. The molecule has 5 rings (SSSR count). The van der Waals surface area contributed by atoms with Gasteiger partial charge in [-0.3, -0.25) is 14.6 Å². The second kappa shape index (κ2) is 13.6. The molecular formula is C35H40F3N3O6. The summed E-state index contributed by atoms with van der Waals surface area (Å²) in [5, 5.41) is 21.7. The van der Waals surface area contributed by atoms with Crippen molar-refractivity contribution in [2.75, 3.05) is 24.6 Å². The number of Topliss-reactive ketones (excluding diaryl/α,β-unsaturated/α-hetero) is 1. The van der Waals surface area contributed by atoms with E-state index in [1.54, 1.807) is 27.7 Å². The first-order valence-electron chi connectivity index (χ1n) is 15.8. The number of carbonyl (C=O) groups is 2. The van der Waals surface area contributed by atoms with Crippen molar-refractivity contribution >= 4 is 17.4 Å². The van der Waals surface area contributed by atoms with Gasteiger partial charge < -0.3 is 24.6 Å². The monoisotopic (exact) mass is 655 g/mol. The van der Waals surface area contributed by atoms with Gasteiger partial charge in [-0.15, -0.1) is 0 Å². The molecule has 1 unspecified atom stereocenters. The molecular weight excluding hydrogens is 615 g/mol. The highest BCUT2D eigenvalue weighted by atomic mass is 19.1. The van der Waals surface area contributed by atoms with Crippen LogP contribution in [0.3, 0.4) is 0 Å². The van der Waals surface area contributed by atoms with Crippen LogP contribution in [0.2, 0.25) is 0 Å². The molecule has 0 radical (unpaired) electrons. The number of piperidine rings is 1. The van der Waals surface area contributed by atoms with E-state index in [4.69, 9.17) is 9.47 Å². The normalized spacial score (nSPS) is 21.0. The molecule has 2 aliphatic rings. The number of aromatic nitrogens is 2. The van der Waals surface area contributed by atoms with Crippen molar-refractivity contribution in [2.24, 2.45) is 11.8 Å². The van der Waals surface area contributed by atoms with Crippen LogP contribution in [-0.4, -0.2) is 63.3 Å². The number of esters is 1. The van der Waals surface area contributed by atoms with E-state index in [2.05, 4.69) is 9.97 Å². The Morgan fingerprint density at radius 3 is 2.43 bits per heavy atom. The average molecular weight is 656 g/mol. The number of hydrogen-bond donors (Lipinski definition) is 2. The zero-order valence-electron chi connectivity index (χ0n) is 27.1. The van der Waals surface area contributed by atoms with Crippen LogP contribution in [-0.2, 0) is 22.4 Å². The van der Waals surface area contributed by atoms with Crippen LogP contribution in [0.5, 0.6) is 5.75 Å². The highest BCUT2D eigenvalue weighted by Crippen LogP contribution is 2.41. The number of nitrogens with zero attached hydrogens (tertiary/aromatic N) is 3. The van der Waals surface area contributed by atoms with Gasteiger partial charge in [-0.05, 0) is 58.6 Å². The summed E-state index contributed by atoms with van der Waals surface area (Å²) in [4.78, 5) is 37.0. The highest BCUT2D eigenvalue weighted by Gasteiger charge is 2.38. The van der Waals surface area contributed by atoms with E-state index in [0.29, 0.717) is 36.3 Å². The number of pyridine rings is 2. The summed E-state index contributed by atoms with van der Waals surface area (Å²) in [7, 11) is 0. The number of ketones is 1. The third-order valence-corrected chi connectivity index (χ3v) is 8.48. The second-order valence-corrected chi connectivity index (χ2v) is 13.3. The Hall–Kier alpha value is -4.03. The first-order valence-corrected chi connectivity index (χ1v) is 15.8. The topological polar surface area (TPSA) is 122 Å². The SMILES string of the molecule is CCOc1cc(F)c(-c2nc(C(=O)Cc3cnc4c(c3N3C[C@@H](CC(=O)OC(C)(C)C)[C@H](O)[C@@H](C)C3)CCC4O)ccc2F)c(F)c1. The van der Waals surface area contributed by atoms with Gasteiger partial charge in [-0.25, -0.2) is 18.2 Å². The predicted octanol–water partition coefficient (Wildman–Crippen LogP) is 5.53. The molecule has 3 heterocycles. The van der Waals surface area contributed by atoms with E-state index >= 15 is 0 Å².